The largest absolute Gasteiger partial charge is 0.480 e. The molecule has 7 nitrogen and oxygen atoms in total. The predicted octanol–water partition coefficient (Wildman–Crippen LogP) is -0.650. The Labute approximate surface area is 114 Å². The van der Waals surface area contributed by atoms with Crippen LogP contribution in [0.25, 0.3) is 0 Å². The Morgan fingerprint density at radius 2 is 1.84 bits per heavy atom. The second-order valence-electron chi connectivity index (χ2n) is 5.05. The summed E-state index contributed by atoms with van der Waals surface area (Å²) in [6, 6.07) is -0.0475. The van der Waals surface area contributed by atoms with Crippen LogP contribution >= 0.6 is 0 Å². The zero-order valence-electron chi connectivity index (χ0n) is 11.8. The molecule has 1 rings (SSSR count). The fourth-order valence-electron chi connectivity index (χ4n) is 2.00. The SMILES string of the molecule is CN(C)CCCNC(=O)N1CCN(CC(=O)O)CC1. The Hall–Kier alpha value is -1.34. The maximum Gasteiger partial charge on any atom is 0.317 e. The fraction of sp³-hybridized carbons (Fsp3) is 0.833. The molecule has 0 radical (unpaired) electrons. The highest BCUT2D eigenvalue weighted by atomic mass is 16.4. The van der Waals surface area contributed by atoms with E-state index in [4.69, 9.17) is 5.11 Å². The lowest BCUT2D eigenvalue weighted by atomic mass is 10.3. The predicted molar refractivity (Wildman–Crippen MR) is 72.2 cm³/mol. The minimum Gasteiger partial charge on any atom is -0.480 e. The van der Waals surface area contributed by atoms with E-state index in [0.29, 0.717) is 32.7 Å². The van der Waals surface area contributed by atoms with Crippen molar-refractivity contribution in [1.82, 2.24) is 20.0 Å². The third-order valence-corrected chi connectivity index (χ3v) is 3.08. The van der Waals surface area contributed by atoms with Crippen LogP contribution < -0.4 is 5.32 Å². The molecule has 2 N–H and O–H groups in total. The van der Waals surface area contributed by atoms with E-state index in [1.165, 1.54) is 0 Å². The van der Waals surface area contributed by atoms with Gasteiger partial charge in [0.15, 0.2) is 0 Å². The molecule has 1 aliphatic rings. The highest BCUT2D eigenvalue weighted by Gasteiger charge is 2.21. The van der Waals surface area contributed by atoms with Crippen molar-refractivity contribution in [3.63, 3.8) is 0 Å². The summed E-state index contributed by atoms with van der Waals surface area (Å²) in [6.45, 7) is 4.10. The van der Waals surface area contributed by atoms with Gasteiger partial charge < -0.3 is 20.2 Å². The number of hydrogen-bond donors (Lipinski definition) is 2. The molecule has 1 saturated heterocycles. The molecule has 0 aromatic rings. The van der Waals surface area contributed by atoms with Gasteiger partial charge in [0.05, 0.1) is 6.54 Å². The molecule has 0 unspecified atom stereocenters. The summed E-state index contributed by atoms with van der Waals surface area (Å²) in [5.41, 5.74) is 0. The van der Waals surface area contributed by atoms with E-state index < -0.39 is 5.97 Å². The lowest BCUT2D eigenvalue weighted by Gasteiger charge is -2.33. The number of hydrogen-bond acceptors (Lipinski definition) is 4. The molecule has 2 amide bonds. The van der Waals surface area contributed by atoms with Crippen molar-refractivity contribution < 1.29 is 14.7 Å². The summed E-state index contributed by atoms with van der Waals surface area (Å²) in [5, 5.41) is 11.6. The van der Waals surface area contributed by atoms with E-state index in [0.717, 1.165) is 13.0 Å². The van der Waals surface area contributed by atoms with Gasteiger partial charge in [-0.3, -0.25) is 9.69 Å². The summed E-state index contributed by atoms with van der Waals surface area (Å²) in [7, 11) is 4.01. The summed E-state index contributed by atoms with van der Waals surface area (Å²) < 4.78 is 0. The van der Waals surface area contributed by atoms with Crippen LogP contribution in [0.3, 0.4) is 0 Å². The monoisotopic (exact) mass is 272 g/mol. The van der Waals surface area contributed by atoms with Gasteiger partial charge in [-0.2, -0.15) is 0 Å². The van der Waals surface area contributed by atoms with Gasteiger partial charge in [-0.15, -0.1) is 0 Å². The van der Waals surface area contributed by atoms with E-state index in [1.54, 1.807) is 4.90 Å². The van der Waals surface area contributed by atoms with Crippen molar-refractivity contribution in [3.05, 3.63) is 0 Å². The van der Waals surface area contributed by atoms with Crippen LogP contribution in [-0.4, -0.2) is 91.7 Å². The highest BCUT2D eigenvalue weighted by molar-refractivity contribution is 5.74. The minimum absolute atomic E-state index is 0.0475. The van der Waals surface area contributed by atoms with Crippen LogP contribution in [0, 0.1) is 0 Å². The molecule has 1 heterocycles. The Morgan fingerprint density at radius 1 is 1.21 bits per heavy atom. The van der Waals surface area contributed by atoms with Crippen molar-refractivity contribution in [2.24, 2.45) is 0 Å². The first-order valence-corrected chi connectivity index (χ1v) is 6.60. The van der Waals surface area contributed by atoms with Crippen molar-refractivity contribution >= 4 is 12.0 Å². The third-order valence-electron chi connectivity index (χ3n) is 3.08. The molecule has 0 bridgehead atoms. The van der Waals surface area contributed by atoms with Crippen LogP contribution in [0.4, 0.5) is 4.79 Å². The Balaban J connectivity index is 2.16. The first-order chi connectivity index (χ1) is 8.99. The molecular weight excluding hydrogens is 248 g/mol. The molecule has 0 saturated carbocycles. The topological polar surface area (TPSA) is 76.1 Å². The highest BCUT2D eigenvalue weighted by Crippen LogP contribution is 2.01. The molecule has 0 atom stereocenters. The zero-order chi connectivity index (χ0) is 14.3. The number of nitrogens with zero attached hydrogens (tertiary/aromatic N) is 3. The van der Waals surface area contributed by atoms with Crippen LogP contribution in [-0.2, 0) is 4.79 Å². The number of carboxylic acid groups (broad SMARTS) is 1. The Kier molecular flexibility index (Phi) is 6.58. The van der Waals surface area contributed by atoms with E-state index >= 15 is 0 Å². The summed E-state index contributed by atoms with van der Waals surface area (Å²) in [4.78, 5) is 28.1. The standard InChI is InChI=1S/C12H24N4O3/c1-14(2)5-3-4-13-12(19)16-8-6-15(7-9-16)10-11(17)18/h3-10H2,1-2H3,(H,13,19)(H,17,18). The fourth-order valence-corrected chi connectivity index (χ4v) is 2.00. The van der Waals surface area contributed by atoms with Gasteiger partial charge in [0.2, 0.25) is 0 Å². The van der Waals surface area contributed by atoms with Crippen molar-refractivity contribution in [3.8, 4) is 0 Å². The molecule has 0 aromatic carbocycles. The minimum atomic E-state index is -0.818. The Morgan fingerprint density at radius 3 is 2.37 bits per heavy atom. The molecule has 0 aliphatic carbocycles. The van der Waals surface area contributed by atoms with Gasteiger partial charge in [0, 0.05) is 32.7 Å². The van der Waals surface area contributed by atoms with Crippen LogP contribution in [0.1, 0.15) is 6.42 Å². The average Bonchev–Trinajstić information content (AvgIpc) is 2.34. The molecule has 1 aliphatic heterocycles. The maximum atomic E-state index is 11.8. The van der Waals surface area contributed by atoms with E-state index in [2.05, 4.69) is 10.2 Å². The average molecular weight is 272 g/mol. The number of rotatable bonds is 6. The van der Waals surface area contributed by atoms with Crippen molar-refractivity contribution in [2.45, 2.75) is 6.42 Å². The van der Waals surface area contributed by atoms with Crippen LogP contribution in [0.2, 0.25) is 0 Å². The Bertz CT molecular complexity index is 301. The second kappa shape index (κ2) is 7.96. The first kappa shape index (κ1) is 15.7. The second-order valence-corrected chi connectivity index (χ2v) is 5.05. The first-order valence-electron chi connectivity index (χ1n) is 6.60. The normalized spacial score (nSPS) is 16.7. The van der Waals surface area contributed by atoms with Gasteiger partial charge in [0.25, 0.3) is 0 Å². The zero-order valence-corrected chi connectivity index (χ0v) is 11.8. The maximum absolute atomic E-state index is 11.8. The van der Waals surface area contributed by atoms with Gasteiger partial charge in [-0.1, -0.05) is 0 Å². The lowest BCUT2D eigenvalue weighted by molar-refractivity contribution is -0.138. The number of aliphatic carboxylic acids is 1. The number of carboxylic acids is 1. The number of carbonyl (C=O) groups is 2. The van der Waals surface area contributed by atoms with Gasteiger partial charge in [-0.25, -0.2) is 4.79 Å². The lowest BCUT2D eigenvalue weighted by Crippen LogP contribution is -2.52. The number of carbonyl (C=O) groups excluding carboxylic acids is 1. The molecular formula is C12H24N4O3. The molecule has 19 heavy (non-hydrogen) atoms. The number of amides is 2. The summed E-state index contributed by atoms with van der Waals surface area (Å²) in [5.74, 6) is -0.818. The molecule has 7 heteroatoms. The number of piperazine rings is 1. The van der Waals surface area contributed by atoms with Crippen LogP contribution in [0.5, 0.6) is 0 Å². The molecule has 1 fully saturated rings. The van der Waals surface area contributed by atoms with Gasteiger partial charge in [-0.05, 0) is 27.1 Å². The quantitative estimate of drug-likeness (QED) is 0.628. The summed E-state index contributed by atoms with van der Waals surface area (Å²) >= 11 is 0. The van der Waals surface area contributed by atoms with Crippen LogP contribution in [0.15, 0.2) is 0 Å². The third kappa shape index (κ3) is 6.40. The van der Waals surface area contributed by atoms with E-state index in [-0.39, 0.29) is 12.6 Å². The number of nitrogens with one attached hydrogen (secondary N) is 1. The molecule has 0 aromatic heterocycles. The molecule has 110 valence electrons. The summed E-state index contributed by atoms with van der Waals surface area (Å²) in [6.07, 6.45) is 0.928. The van der Waals surface area contributed by atoms with E-state index in [9.17, 15) is 9.59 Å². The smallest absolute Gasteiger partial charge is 0.317 e. The van der Waals surface area contributed by atoms with Gasteiger partial charge in [0.1, 0.15) is 0 Å². The van der Waals surface area contributed by atoms with E-state index in [1.807, 2.05) is 19.0 Å². The molecule has 0 spiro atoms. The van der Waals surface area contributed by atoms with Gasteiger partial charge >= 0.3 is 12.0 Å². The number of urea groups is 1. The van der Waals surface area contributed by atoms with Crippen molar-refractivity contribution in [1.29, 1.82) is 0 Å². The van der Waals surface area contributed by atoms with Crippen molar-refractivity contribution in [2.75, 3.05) is 59.9 Å².